The molecule has 1 aliphatic heterocycles. The average Bonchev–Trinajstić information content (AvgIpc) is 3.02. The Labute approximate surface area is 148 Å². The van der Waals surface area contributed by atoms with Crippen molar-refractivity contribution < 1.29 is 13.2 Å². The summed E-state index contributed by atoms with van der Waals surface area (Å²) in [5, 5.41) is 2.81. The van der Waals surface area contributed by atoms with Crippen LogP contribution in [-0.4, -0.2) is 37.8 Å². The van der Waals surface area contributed by atoms with Gasteiger partial charge < -0.3 is 11.1 Å². The van der Waals surface area contributed by atoms with Crippen molar-refractivity contribution in [2.45, 2.75) is 44.6 Å². The molecule has 3 N–H and O–H groups in total. The van der Waals surface area contributed by atoms with Crippen LogP contribution in [0.4, 0.5) is 5.69 Å². The average molecular weight is 374 g/mol. The summed E-state index contributed by atoms with van der Waals surface area (Å²) >= 11 is 6.09. The molecule has 1 aromatic carbocycles. The Bertz CT molecular complexity index is 723. The lowest BCUT2D eigenvalue weighted by Crippen LogP contribution is -2.45. The number of carbonyl (C=O) groups is 1. The van der Waals surface area contributed by atoms with Gasteiger partial charge in [-0.05, 0) is 36.5 Å². The highest BCUT2D eigenvalue weighted by Crippen LogP contribution is 2.30. The minimum atomic E-state index is -3.66. The zero-order valence-corrected chi connectivity index (χ0v) is 15.7. The Balaban J connectivity index is 2.27. The summed E-state index contributed by atoms with van der Waals surface area (Å²) in [4.78, 5) is 12.2. The van der Waals surface area contributed by atoms with Gasteiger partial charge in [-0.15, -0.1) is 0 Å². The van der Waals surface area contributed by atoms with Gasteiger partial charge in [0.1, 0.15) is 4.90 Å². The first-order valence-corrected chi connectivity index (χ1v) is 9.71. The smallest absolute Gasteiger partial charge is 0.244 e. The molecule has 1 amide bonds. The standard InChI is InChI=1S/C16H24ClN3O3S/c1-16(2,3)14(18)15(21)19-11-6-7-12(17)13(10-11)24(22,23)20-8-4-5-9-20/h6-7,10,14H,4-5,8-9,18H2,1-3H3,(H,19,21)/t14-/m1/s1. The molecule has 0 saturated carbocycles. The van der Waals surface area contributed by atoms with Gasteiger partial charge in [0.2, 0.25) is 15.9 Å². The van der Waals surface area contributed by atoms with E-state index >= 15 is 0 Å². The van der Waals surface area contributed by atoms with Crippen LogP contribution in [0, 0.1) is 5.41 Å². The molecule has 1 saturated heterocycles. The van der Waals surface area contributed by atoms with E-state index in [-0.39, 0.29) is 15.8 Å². The Morgan fingerprint density at radius 1 is 1.29 bits per heavy atom. The number of nitrogens with one attached hydrogen (secondary N) is 1. The molecular formula is C16H24ClN3O3S. The number of nitrogens with zero attached hydrogens (tertiary/aromatic N) is 1. The number of carbonyl (C=O) groups excluding carboxylic acids is 1. The minimum Gasteiger partial charge on any atom is -0.325 e. The molecular weight excluding hydrogens is 350 g/mol. The van der Waals surface area contributed by atoms with E-state index in [1.54, 1.807) is 6.07 Å². The van der Waals surface area contributed by atoms with Crippen LogP contribution < -0.4 is 11.1 Å². The quantitative estimate of drug-likeness (QED) is 0.847. The number of hydrogen-bond donors (Lipinski definition) is 2. The fourth-order valence-electron chi connectivity index (χ4n) is 2.46. The topological polar surface area (TPSA) is 92.5 Å². The fraction of sp³-hybridized carbons (Fsp3) is 0.562. The van der Waals surface area contributed by atoms with Crippen LogP contribution in [0.2, 0.25) is 5.02 Å². The molecule has 1 aliphatic rings. The first-order chi connectivity index (χ1) is 11.0. The van der Waals surface area contributed by atoms with Crippen LogP contribution in [0.15, 0.2) is 23.1 Å². The van der Waals surface area contributed by atoms with E-state index < -0.39 is 21.5 Å². The van der Waals surface area contributed by atoms with Crippen LogP contribution in [0.1, 0.15) is 33.6 Å². The van der Waals surface area contributed by atoms with E-state index in [1.807, 2.05) is 20.8 Å². The molecule has 2 rings (SSSR count). The second kappa shape index (κ2) is 7.00. The van der Waals surface area contributed by atoms with Crippen molar-refractivity contribution in [2.24, 2.45) is 11.1 Å². The van der Waals surface area contributed by atoms with Crippen LogP contribution >= 0.6 is 11.6 Å². The lowest BCUT2D eigenvalue weighted by atomic mass is 9.87. The third-order valence-electron chi connectivity index (χ3n) is 4.10. The Hall–Kier alpha value is -1.15. The normalized spacial score (nSPS) is 17.7. The van der Waals surface area contributed by atoms with E-state index in [0.29, 0.717) is 18.8 Å². The summed E-state index contributed by atoms with van der Waals surface area (Å²) in [6, 6.07) is 3.72. The third-order valence-corrected chi connectivity index (χ3v) is 6.48. The molecule has 1 aromatic rings. The van der Waals surface area contributed by atoms with E-state index in [0.717, 1.165) is 12.8 Å². The third kappa shape index (κ3) is 4.08. The van der Waals surface area contributed by atoms with Crippen LogP contribution in [0.5, 0.6) is 0 Å². The first kappa shape index (κ1) is 19.2. The molecule has 6 nitrogen and oxygen atoms in total. The van der Waals surface area contributed by atoms with Crippen molar-refractivity contribution in [1.82, 2.24) is 4.31 Å². The highest BCUT2D eigenvalue weighted by atomic mass is 35.5. The second-order valence-corrected chi connectivity index (χ2v) is 9.40. The van der Waals surface area contributed by atoms with Crippen LogP contribution in [0.25, 0.3) is 0 Å². The molecule has 0 bridgehead atoms. The number of benzene rings is 1. The van der Waals surface area contributed by atoms with Gasteiger partial charge in [0.05, 0.1) is 11.1 Å². The number of hydrogen-bond acceptors (Lipinski definition) is 4. The Kier molecular flexibility index (Phi) is 5.59. The summed E-state index contributed by atoms with van der Waals surface area (Å²) in [5.74, 6) is -0.366. The molecule has 0 unspecified atom stereocenters. The van der Waals surface area contributed by atoms with Crippen LogP contribution in [0.3, 0.4) is 0 Å². The van der Waals surface area contributed by atoms with Gasteiger partial charge in [-0.25, -0.2) is 8.42 Å². The number of rotatable bonds is 4. The second-order valence-electron chi connectivity index (χ2n) is 7.09. The van der Waals surface area contributed by atoms with Crippen molar-refractivity contribution >= 4 is 33.2 Å². The van der Waals surface area contributed by atoms with E-state index in [4.69, 9.17) is 17.3 Å². The van der Waals surface area contributed by atoms with Crippen molar-refractivity contribution in [2.75, 3.05) is 18.4 Å². The van der Waals surface area contributed by atoms with Crippen molar-refractivity contribution in [1.29, 1.82) is 0 Å². The lowest BCUT2D eigenvalue weighted by molar-refractivity contribution is -0.119. The Morgan fingerprint density at radius 2 is 1.88 bits per heavy atom. The zero-order chi connectivity index (χ0) is 18.1. The maximum atomic E-state index is 12.7. The van der Waals surface area contributed by atoms with E-state index in [9.17, 15) is 13.2 Å². The number of sulfonamides is 1. The van der Waals surface area contributed by atoms with Gasteiger partial charge in [-0.2, -0.15) is 4.31 Å². The van der Waals surface area contributed by atoms with Crippen molar-refractivity contribution in [3.63, 3.8) is 0 Å². The lowest BCUT2D eigenvalue weighted by Gasteiger charge is -2.26. The minimum absolute atomic E-state index is 0.00759. The monoisotopic (exact) mass is 373 g/mol. The molecule has 0 spiro atoms. The number of halogens is 1. The molecule has 134 valence electrons. The summed E-state index contributed by atoms with van der Waals surface area (Å²) < 4.78 is 26.8. The van der Waals surface area contributed by atoms with Crippen molar-refractivity contribution in [3.8, 4) is 0 Å². The van der Waals surface area contributed by atoms with E-state index in [1.165, 1.54) is 16.4 Å². The van der Waals surface area contributed by atoms with Gasteiger partial charge in [-0.3, -0.25) is 4.79 Å². The van der Waals surface area contributed by atoms with Gasteiger partial charge >= 0.3 is 0 Å². The molecule has 1 fully saturated rings. The first-order valence-electron chi connectivity index (χ1n) is 7.89. The predicted octanol–water partition coefficient (Wildman–Crippen LogP) is 2.44. The molecule has 8 heteroatoms. The van der Waals surface area contributed by atoms with Gasteiger partial charge in [0, 0.05) is 18.8 Å². The Morgan fingerprint density at radius 3 is 2.42 bits per heavy atom. The van der Waals surface area contributed by atoms with E-state index in [2.05, 4.69) is 5.32 Å². The summed E-state index contributed by atoms with van der Waals surface area (Å²) in [5.41, 5.74) is 5.89. The van der Waals surface area contributed by atoms with Crippen molar-refractivity contribution in [3.05, 3.63) is 23.2 Å². The summed E-state index contributed by atoms with van der Waals surface area (Å²) in [6.45, 7) is 6.57. The maximum absolute atomic E-state index is 12.7. The van der Waals surface area contributed by atoms with Gasteiger partial charge in [0.15, 0.2) is 0 Å². The number of anilines is 1. The van der Waals surface area contributed by atoms with Crippen LogP contribution in [-0.2, 0) is 14.8 Å². The molecule has 1 heterocycles. The van der Waals surface area contributed by atoms with Gasteiger partial charge in [-0.1, -0.05) is 32.4 Å². The highest BCUT2D eigenvalue weighted by molar-refractivity contribution is 7.89. The maximum Gasteiger partial charge on any atom is 0.244 e. The molecule has 0 aromatic heterocycles. The summed E-state index contributed by atoms with van der Waals surface area (Å²) in [7, 11) is -3.66. The molecule has 1 atom stereocenters. The molecule has 0 radical (unpaired) electrons. The predicted molar refractivity (Wildman–Crippen MR) is 95.5 cm³/mol. The SMILES string of the molecule is CC(C)(C)[C@H](N)C(=O)Nc1ccc(Cl)c(S(=O)(=O)N2CCCC2)c1. The van der Waals surface area contributed by atoms with Gasteiger partial charge in [0.25, 0.3) is 0 Å². The largest absolute Gasteiger partial charge is 0.325 e. The summed E-state index contributed by atoms with van der Waals surface area (Å²) in [6.07, 6.45) is 1.68. The number of amides is 1. The number of nitrogens with two attached hydrogens (primary N) is 1. The highest BCUT2D eigenvalue weighted by Gasteiger charge is 2.30. The molecule has 24 heavy (non-hydrogen) atoms. The molecule has 0 aliphatic carbocycles. The fourth-order valence-corrected chi connectivity index (χ4v) is 4.48. The zero-order valence-electron chi connectivity index (χ0n) is 14.2.